The summed E-state index contributed by atoms with van der Waals surface area (Å²) < 4.78 is 5.40. The summed E-state index contributed by atoms with van der Waals surface area (Å²) in [5.74, 6) is -0.548. The summed E-state index contributed by atoms with van der Waals surface area (Å²) in [6.45, 7) is 9.77. The topological polar surface area (TPSA) is 137 Å². The second-order valence-electron chi connectivity index (χ2n) is 12.3. The van der Waals surface area contributed by atoms with Crippen LogP contribution in [0.5, 0.6) is 0 Å². The first-order valence-corrected chi connectivity index (χ1v) is 14.2. The zero-order chi connectivity index (χ0) is 28.6. The van der Waals surface area contributed by atoms with Crippen LogP contribution >= 0.6 is 0 Å². The number of carbonyl (C=O) groups is 3. The van der Waals surface area contributed by atoms with E-state index < -0.39 is 18.1 Å². The predicted octanol–water partition coefficient (Wildman–Crippen LogP) is 2.75. The molecule has 1 saturated carbocycles. The van der Waals surface area contributed by atoms with Crippen molar-refractivity contribution in [2.45, 2.75) is 65.1 Å². The summed E-state index contributed by atoms with van der Waals surface area (Å²) >= 11 is 0. The highest BCUT2D eigenvalue weighted by Crippen LogP contribution is 2.65. The molecule has 1 aromatic heterocycles. The molecule has 5 atom stereocenters. The van der Waals surface area contributed by atoms with Gasteiger partial charge in [0.1, 0.15) is 17.8 Å². The Kier molecular flexibility index (Phi) is 7.78. The molecule has 5 rings (SSSR count). The van der Waals surface area contributed by atoms with E-state index in [1.807, 2.05) is 38.1 Å². The van der Waals surface area contributed by atoms with Gasteiger partial charge in [-0.1, -0.05) is 52.0 Å². The summed E-state index contributed by atoms with van der Waals surface area (Å²) in [6, 6.07) is 7.11. The highest BCUT2D eigenvalue weighted by Gasteiger charge is 2.69. The van der Waals surface area contributed by atoms with Gasteiger partial charge in [-0.2, -0.15) is 15.5 Å². The number of hydrogen-bond acceptors (Lipinski definition) is 7. The van der Waals surface area contributed by atoms with E-state index in [0.29, 0.717) is 31.9 Å². The first-order valence-electron chi connectivity index (χ1n) is 14.2. The molecule has 3 aliphatic rings. The molecule has 2 saturated heterocycles. The van der Waals surface area contributed by atoms with Crippen LogP contribution in [0.1, 0.15) is 58.7 Å². The SMILES string of the molecule is CC(C)[C@H](NC(=O)CC1CCOCC1)C(=O)N1C[C@H]2[C@@H]([C@H]1C(=O)NC(C#N)c1nncc3ccccc13)C2(C)C. The molecule has 1 aromatic carbocycles. The van der Waals surface area contributed by atoms with Gasteiger partial charge in [-0.3, -0.25) is 14.4 Å². The fourth-order valence-electron chi connectivity index (χ4n) is 6.60. The quantitative estimate of drug-likeness (QED) is 0.519. The van der Waals surface area contributed by atoms with Gasteiger partial charge in [0.2, 0.25) is 17.7 Å². The van der Waals surface area contributed by atoms with Crippen molar-refractivity contribution < 1.29 is 19.1 Å². The van der Waals surface area contributed by atoms with Crippen molar-refractivity contribution in [1.82, 2.24) is 25.7 Å². The summed E-state index contributed by atoms with van der Waals surface area (Å²) in [7, 11) is 0. The Hall–Kier alpha value is -3.58. The van der Waals surface area contributed by atoms with E-state index in [1.54, 1.807) is 11.1 Å². The van der Waals surface area contributed by atoms with Crippen molar-refractivity contribution in [1.29, 1.82) is 5.26 Å². The van der Waals surface area contributed by atoms with E-state index in [9.17, 15) is 19.6 Å². The van der Waals surface area contributed by atoms with E-state index in [4.69, 9.17) is 4.74 Å². The molecule has 1 unspecified atom stereocenters. The van der Waals surface area contributed by atoms with E-state index in [0.717, 1.165) is 23.6 Å². The van der Waals surface area contributed by atoms with Crippen molar-refractivity contribution in [2.24, 2.45) is 29.1 Å². The lowest BCUT2D eigenvalue weighted by atomic mass is 9.94. The van der Waals surface area contributed by atoms with Crippen molar-refractivity contribution in [3.05, 3.63) is 36.2 Å². The number of carbonyl (C=O) groups excluding carboxylic acids is 3. The molecule has 10 heteroatoms. The molecule has 2 N–H and O–H groups in total. The Morgan fingerprint density at radius 2 is 1.90 bits per heavy atom. The van der Waals surface area contributed by atoms with Gasteiger partial charge in [-0.05, 0) is 41.9 Å². The molecule has 0 spiro atoms. The molecule has 2 aliphatic heterocycles. The Morgan fingerprint density at radius 1 is 1.18 bits per heavy atom. The molecule has 0 radical (unpaired) electrons. The zero-order valence-electron chi connectivity index (χ0n) is 23.6. The van der Waals surface area contributed by atoms with Crippen LogP contribution in [0.15, 0.2) is 30.5 Å². The van der Waals surface area contributed by atoms with Gasteiger partial charge in [0, 0.05) is 37.0 Å². The molecule has 3 amide bonds. The van der Waals surface area contributed by atoms with Crippen molar-refractivity contribution in [3.8, 4) is 6.07 Å². The minimum absolute atomic E-state index is 0.0276. The normalized spacial score (nSPS) is 25.1. The first kappa shape index (κ1) is 28.0. The standard InChI is InChI=1S/C30H38N6O4/c1-17(2)25(34-23(37)13-18-9-11-40-12-10-18)29(39)36-16-21-24(30(21,3)4)27(36)28(38)33-22(14-31)26-20-8-6-5-7-19(20)15-32-35-26/h5-8,15,17-18,21-22,24-25,27H,9-13,16H2,1-4H3,(H,33,38)(H,34,37)/t21-,22?,24-,25-,27-/m0/s1. The van der Waals surface area contributed by atoms with Crippen LogP contribution in [0.3, 0.4) is 0 Å². The van der Waals surface area contributed by atoms with Gasteiger partial charge in [0.15, 0.2) is 6.04 Å². The Labute approximate surface area is 234 Å². The van der Waals surface area contributed by atoms with E-state index in [1.165, 1.54) is 0 Å². The maximum Gasteiger partial charge on any atom is 0.246 e. The van der Waals surface area contributed by atoms with Crippen LogP contribution in [-0.4, -0.2) is 64.7 Å². The molecular formula is C30H38N6O4. The highest BCUT2D eigenvalue weighted by molar-refractivity contribution is 5.94. The van der Waals surface area contributed by atoms with Gasteiger partial charge in [0.05, 0.1) is 12.3 Å². The number of aromatic nitrogens is 2. The van der Waals surface area contributed by atoms with Crippen LogP contribution in [0.25, 0.3) is 10.8 Å². The van der Waals surface area contributed by atoms with Gasteiger partial charge < -0.3 is 20.3 Å². The number of ether oxygens (including phenoxy) is 1. The smallest absolute Gasteiger partial charge is 0.246 e. The fourth-order valence-corrected chi connectivity index (χ4v) is 6.60. The molecule has 0 bridgehead atoms. The number of nitriles is 1. The molecule has 2 aromatic rings. The van der Waals surface area contributed by atoms with Crippen LogP contribution in [0.4, 0.5) is 0 Å². The summed E-state index contributed by atoms with van der Waals surface area (Å²) in [6.07, 6.45) is 3.65. The number of hydrogen-bond donors (Lipinski definition) is 2. The lowest BCUT2D eigenvalue weighted by Crippen LogP contribution is -2.57. The van der Waals surface area contributed by atoms with E-state index in [2.05, 4.69) is 40.7 Å². The third-order valence-corrected chi connectivity index (χ3v) is 9.11. The Balaban J connectivity index is 1.34. The molecule has 212 valence electrons. The number of nitrogens with one attached hydrogen (secondary N) is 2. The largest absolute Gasteiger partial charge is 0.381 e. The number of nitrogens with zero attached hydrogens (tertiary/aromatic N) is 4. The van der Waals surface area contributed by atoms with Crippen LogP contribution in [-0.2, 0) is 19.1 Å². The van der Waals surface area contributed by atoms with Crippen molar-refractivity contribution in [2.75, 3.05) is 19.8 Å². The molecule has 3 fully saturated rings. The van der Waals surface area contributed by atoms with Gasteiger partial charge in [0.25, 0.3) is 0 Å². The maximum absolute atomic E-state index is 13.9. The third kappa shape index (κ3) is 5.27. The number of fused-ring (bicyclic) bond motifs is 2. The number of piperidine rings is 1. The molecule has 3 heterocycles. The molecule has 40 heavy (non-hydrogen) atoms. The van der Waals surface area contributed by atoms with Crippen molar-refractivity contribution >= 4 is 28.5 Å². The summed E-state index contributed by atoms with van der Waals surface area (Å²) in [4.78, 5) is 42.3. The summed E-state index contributed by atoms with van der Waals surface area (Å²) in [5, 5.41) is 25.6. The van der Waals surface area contributed by atoms with E-state index >= 15 is 0 Å². The molecule has 10 nitrogen and oxygen atoms in total. The minimum atomic E-state index is -1.02. The van der Waals surface area contributed by atoms with Gasteiger partial charge >= 0.3 is 0 Å². The van der Waals surface area contributed by atoms with Crippen LogP contribution in [0, 0.1) is 40.4 Å². The number of likely N-dealkylation sites (tertiary alicyclic amines) is 1. The summed E-state index contributed by atoms with van der Waals surface area (Å²) in [5.41, 5.74) is 0.275. The molecule has 1 aliphatic carbocycles. The fraction of sp³-hybridized carbons (Fsp3) is 0.600. The van der Waals surface area contributed by atoms with Gasteiger partial charge in [-0.15, -0.1) is 0 Å². The Morgan fingerprint density at radius 3 is 2.60 bits per heavy atom. The third-order valence-electron chi connectivity index (χ3n) is 9.11. The average Bonchev–Trinajstić information content (AvgIpc) is 3.26. The monoisotopic (exact) mass is 546 g/mol. The number of benzene rings is 1. The second kappa shape index (κ2) is 11.1. The highest BCUT2D eigenvalue weighted by atomic mass is 16.5. The molecular weight excluding hydrogens is 508 g/mol. The average molecular weight is 547 g/mol. The van der Waals surface area contributed by atoms with Crippen molar-refractivity contribution in [3.63, 3.8) is 0 Å². The van der Waals surface area contributed by atoms with Crippen LogP contribution in [0.2, 0.25) is 0 Å². The zero-order valence-corrected chi connectivity index (χ0v) is 23.6. The maximum atomic E-state index is 13.9. The first-order chi connectivity index (χ1) is 19.1. The second-order valence-corrected chi connectivity index (χ2v) is 12.3. The number of rotatable bonds is 8. The lowest BCUT2D eigenvalue weighted by Gasteiger charge is -2.34. The Bertz CT molecular complexity index is 1330. The minimum Gasteiger partial charge on any atom is -0.381 e. The lowest BCUT2D eigenvalue weighted by molar-refractivity contribution is -0.144. The van der Waals surface area contributed by atoms with Crippen LogP contribution < -0.4 is 10.6 Å². The van der Waals surface area contributed by atoms with E-state index in [-0.39, 0.29) is 46.8 Å². The van der Waals surface area contributed by atoms with Gasteiger partial charge in [-0.25, -0.2) is 0 Å². The number of amides is 3. The predicted molar refractivity (Wildman–Crippen MR) is 147 cm³/mol.